The summed E-state index contributed by atoms with van der Waals surface area (Å²) in [7, 11) is -3.01. The van der Waals surface area contributed by atoms with Crippen LogP contribution in [0, 0.1) is 0 Å². The summed E-state index contributed by atoms with van der Waals surface area (Å²) < 4.78 is 22.5. The van der Waals surface area contributed by atoms with Gasteiger partial charge >= 0.3 is 5.97 Å². The van der Waals surface area contributed by atoms with E-state index in [1.165, 1.54) is 6.26 Å². The van der Waals surface area contributed by atoms with Gasteiger partial charge in [0.2, 0.25) is 0 Å². The number of benzene rings is 1. The number of sulfone groups is 1. The second kappa shape index (κ2) is 5.21. The Bertz CT molecular complexity index is 595. The van der Waals surface area contributed by atoms with Crippen molar-refractivity contribution in [1.29, 1.82) is 0 Å². The van der Waals surface area contributed by atoms with Crippen LogP contribution in [0.25, 0.3) is 0 Å². The number of carbonyl (C=O) groups is 1. The molecule has 0 radical (unpaired) electrons. The molecular formula is C13H17NO4S. The highest BCUT2D eigenvalue weighted by Gasteiger charge is 2.22. The fourth-order valence-corrected chi connectivity index (χ4v) is 2.96. The third kappa shape index (κ3) is 3.26. The average molecular weight is 283 g/mol. The number of carboxylic acid groups (broad SMARTS) is 1. The third-order valence-electron chi connectivity index (χ3n) is 3.31. The number of aromatic carboxylic acids is 1. The van der Waals surface area contributed by atoms with Crippen molar-refractivity contribution in [1.82, 2.24) is 0 Å². The fourth-order valence-electron chi connectivity index (χ4n) is 2.41. The van der Waals surface area contributed by atoms with E-state index in [9.17, 15) is 18.3 Å². The number of fused-ring (bicyclic) bond motifs is 1. The van der Waals surface area contributed by atoms with E-state index in [-0.39, 0.29) is 5.75 Å². The Morgan fingerprint density at radius 2 is 2.16 bits per heavy atom. The molecule has 1 aromatic rings. The van der Waals surface area contributed by atoms with Crippen LogP contribution < -0.4 is 4.90 Å². The van der Waals surface area contributed by atoms with Crippen LogP contribution in [0.3, 0.4) is 0 Å². The summed E-state index contributed by atoms with van der Waals surface area (Å²) in [6, 6.07) is 5.17. The van der Waals surface area contributed by atoms with Gasteiger partial charge < -0.3 is 10.0 Å². The van der Waals surface area contributed by atoms with Crippen LogP contribution in [0.15, 0.2) is 18.2 Å². The van der Waals surface area contributed by atoms with E-state index in [4.69, 9.17) is 0 Å². The van der Waals surface area contributed by atoms with Gasteiger partial charge in [0.05, 0.1) is 11.3 Å². The van der Waals surface area contributed by atoms with Gasteiger partial charge in [-0.2, -0.15) is 0 Å². The molecule has 0 aliphatic carbocycles. The topological polar surface area (TPSA) is 74.7 Å². The van der Waals surface area contributed by atoms with Crippen LogP contribution >= 0.6 is 0 Å². The van der Waals surface area contributed by atoms with E-state index >= 15 is 0 Å². The minimum Gasteiger partial charge on any atom is -0.478 e. The van der Waals surface area contributed by atoms with Crippen molar-refractivity contribution >= 4 is 21.5 Å². The second-order valence-electron chi connectivity index (χ2n) is 4.83. The van der Waals surface area contributed by atoms with Crippen LogP contribution in [0.1, 0.15) is 22.3 Å². The molecule has 2 rings (SSSR count). The van der Waals surface area contributed by atoms with Crippen molar-refractivity contribution < 1.29 is 18.3 Å². The smallest absolute Gasteiger partial charge is 0.336 e. The van der Waals surface area contributed by atoms with Crippen molar-refractivity contribution in [2.45, 2.75) is 12.8 Å². The normalized spacial score (nSPS) is 15.1. The van der Waals surface area contributed by atoms with E-state index in [1.54, 1.807) is 12.1 Å². The molecular weight excluding hydrogens is 266 g/mol. The first-order valence-electron chi connectivity index (χ1n) is 6.16. The largest absolute Gasteiger partial charge is 0.478 e. The molecule has 0 saturated heterocycles. The summed E-state index contributed by atoms with van der Waals surface area (Å²) in [6.45, 7) is 1.18. The Labute approximate surface area is 112 Å². The highest BCUT2D eigenvalue weighted by Crippen LogP contribution is 2.29. The maximum absolute atomic E-state index is 11.2. The third-order valence-corrected chi connectivity index (χ3v) is 4.23. The van der Waals surface area contributed by atoms with Crippen molar-refractivity contribution in [3.63, 3.8) is 0 Å². The van der Waals surface area contributed by atoms with Crippen LogP contribution in [0.4, 0.5) is 5.69 Å². The van der Waals surface area contributed by atoms with Crippen molar-refractivity contribution in [3.05, 3.63) is 29.3 Å². The molecule has 1 aliphatic rings. The van der Waals surface area contributed by atoms with Gasteiger partial charge in [-0.1, -0.05) is 6.07 Å². The molecule has 0 fully saturated rings. The molecule has 0 saturated carbocycles. The van der Waals surface area contributed by atoms with E-state index in [2.05, 4.69) is 0 Å². The first-order valence-corrected chi connectivity index (χ1v) is 8.22. The van der Waals surface area contributed by atoms with E-state index in [0.717, 1.165) is 30.6 Å². The zero-order chi connectivity index (χ0) is 14.0. The Morgan fingerprint density at radius 1 is 1.42 bits per heavy atom. The SMILES string of the molecule is CS(=O)(=O)CCN1CCCc2c(C(=O)O)cccc21. The summed E-state index contributed by atoms with van der Waals surface area (Å²) in [5.74, 6) is -0.842. The van der Waals surface area contributed by atoms with Gasteiger partial charge in [0.1, 0.15) is 9.84 Å². The predicted octanol–water partition coefficient (Wildman–Crippen LogP) is 1.18. The monoisotopic (exact) mass is 283 g/mol. The summed E-state index contributed by atoms with van der Waals surface area (Å²) >= 11 is 0. The van der Waals surface area contributed by atoms with Crippen molar-refractivity contribution in [2.75, 3.05) is 30.0 Å². The first-order chi connectivity index (χ1) is 8.88. The molecule has 1 aromatic carbocycles. The number of anilines is 1. The molecule has 104 valence electrons. The molecule has 0 atom stereocenters. The predicted molar refractivity (Wildman–Crippen MR) is 73.6 cm³/mol. The fraction of sp³-hybridized carbons (Fsp3) is 0.462. The highest BCUT2D eigenvalue weighted by molar-refractivity contribution is 7.90. The lowest BCUT2D eigenvalue weighted by Gasteiger charge is -2.31. The summed E-state index contributed by atoms with van der Waals surface area (Å²) in [5.41, 5.74) is 1.99. The summed E-state index contributed by atoms with van der Waals surface area (Å²) in [4.78, 5) is 13.1. The van der Waals surface area contributed by atoms with Gasteiger partial charge in [0.15, 0.2) is 0 Å². The van der Waals surface area contributed by atoms with Crippen LogP contribution in [-0.2, 0) is 16.3 Å². The number of hydrogen-bond donors (Lipinski definition) is 1. The van der Waals surface area contributed by atoms with Crippen LogP contribution in [0.2, 0.25) is 0 Å². The molecule has 0 aromatic heterocycles. The Morgan fingerprint density at radius 3 is 2.79 bits per heavy atom. The minimum atomic E-state index is -3.01. The average Bonchev–Trinajstić information content (AvgIpc) is 2.34. The van der Waals surface area contributed by atoms with Crippen LogP contribution in [-0.4, -0.2) is 44.6 Å². The number of hydrogen-bond acceptors (Lipinski definition) is 4. The molecule has 1 aliphatic heterocycles. The number of rotatable bonds is 4. The van der Waals surface area contributed by atoms with E-state index < -0.39 is 15.8 Å². The molecule has 0 amide bonds. The zero-order valence-electron chi connectivity index (χ0n) is 10.8. The Hall–Kier alpha value is -1.56. The zero-order valence-corrected chi connectivity index (χ0v) is 11.6. The van der Waals surface area contributed by atoms with Crippen LogP contribution in [0.5, 0.6) is 0 Å². The second-order valence-corrected chi connectivity index (χ2v) is 7.09. The lowest BCUT2D eigenvalue weighted by atomic mass is 9.96. The maximum atomic E-state index is 11.2. The van der Waals surface area contributed by atoms with Gasteiger partial charge in [0.25, 0.3) is 0 Å². The Kier molecular flexibility index (Phi) is 3.80. The molecule has 1 N–H and O–H groups in total. The standard InChI is InChI=1S/C13H17NO4S/c1-19(17,18)9-8-14-7-3-5-10-11(13(15)16)4-2-6-12(10)14/h2,4,6H,3,5,7-9H2,1H3,(H,15,16). The highest BCUT2D eigenvalue weighted by atomic mass is 32.2. The summed E-state index contributed by atoms with van der Waals surface area (Å²) in [5, 5.41) is 9.17. The molecule has 1 heterocycles. The van der Waals surface area contributed by atoms with Gasteiger partial charge in [-0.3, -0.25) is 0 Å². The van der Waals surface area contributed by atoms with Gasteiger partial charge in [-0.25, -0.2) is 13.2 Å². The lowest BCUT2D eigenvalue weighted by Crippen LogP contribution is -2.34. The van der Waals surface area contributed by atoms with Gasteiger partial charge in [-0.15, -0.1) is 0 Å². The minimum absolute atomic E-state index is 0.0870. The van der Waals surface area contributed by atoms with E-state index in [1.807, 2.05) is 11.0 Å². The van der Waals surface area contributed by atoms with E-state index in [0.29, 0.717) is 12.1 Å². The quantitative estimate of drug-likeness (QED) is 0.898. The Balaban J connectivity index is 2.29. The molecule has 0 unspecified atom stereocenters. The molecule has 19 heavy (non-hydrogen) atoms. The van der Waals surface area contributed by atoms with Gasteiger partial charge in [-0.05, 0) is 30.5 Å². The molecule has 0 spiro atoms. The molecule has 0 bridgehead atoms. The molecule has 6 heteroatoms. The first kappa shape index (κ1) is 13.9. The van der Waals surface area contributed by atoms with Crippen molar-refractivity contribution in [3.8, 4) is 0 Å². The summed E-state index contributed by atoms with van der Waals surface area (Å²) in [6.07, 6.45) is 2.79. The molecule has 5 nitrogen and oxygen atoms in total. The maximum Gasteiger partial charge on any atom is 0.336 e. The van der Waals surface area contributed by atoms with Crippen molar-refractivity contribution in [2.24, 2.45) is 0 Å². The lowest BCUT2D eigenvalue weighted by molar-refractivity contribution is 0.0695. The van der Waals surface area contributed by atoms with Gasteiger partial charge in [0, 0.05) is 25.0 Å². The number of nitrogens with zero attached hydrogens (tertiary/aromatic N) is 1. The number of carboxylic acids is 1.